The summed E-state index contributed by atoms with van der Waals surface area (Å²) in [5, 5.41) is 6.00. The van der Waals surface area contributed by atoms with Crippen molar-refractivity contribution in [2.75, 3.05) is 5.32 Å². The number of hydrogen-bond acceptors (Lipinski definition) is 4. The van der Waals surface area contributed by atoms with Gasteiger partial charge in [-0.25, -0.2) is 4.79 Å². The molecule has 0 fully saturated rings. The summed E-state index contributed by atoms with van der Waals surface area (Å²) in [6, 6.07) is 28.3. The first-order chi connectivity index (χ1) is 17.8. The van der Waals surface area contributed by atoms with Crippen molar-refractivity contribution in [3.05, 3.63) is 113 Å². The van der Waals surface area contributed by atoms with Gasteiger partial charge < -0.3 is 14.6 Å². The summed E-state index contributed by atoms with van der Waals surface area (Å²) in [5.41, 5.74) is 2.82. The lowest BCUT2D eigenvalue weighted by Gasteiger charge is -2.19. The number of benzene rings is 4. The van der Waals surface area contributed by atoms with E-state index in [0.29, 0.717) is 22.0 Å². The van der Waals surface area contributed by atoms with E-state index in [-0.39, 0.29) is 11.3 Å². The standard InChI is InChI=1S/C31H26N2O4/c1-19-12-14-22(15-13-19)27-25-10-6-7-11-26(25)30(35)33(3)28(27)31(36)37-20(2)29(34)32-24-17-16-21-8-4-5-9-23(21)18-24/h4-18,20H,1-3H3,(H,32,34). The molecule has 0 aliphatic carbocycles. The Morgan fingerprint density at radius 2 is 1.49 bits per heavy atom. The van der Waals surface area contributed by atoms with Gasteiger partial charge in [0.2, 0.25) is 0 Å². The number of carbonyl (C=O) groups excluding carboxylic acids is 2. The van der Waals surface area contributed by atoms with Gasteiger partial charge in [-0.3, -0.25) is 9.59 Å². The SMILES string of the molecule is Cc1ccc(-c2c(C(=O)OC(C)C(=O)Nc3ccc4ccccc4c3)n(C)c(=O)c3ccccc23)cc1. The monoisotopic (exact) mass is 490 g/mol. The normalized spacial score (nSPS) is 11.9. The van der Waals surface area contributed by atoms with Crippen LogP contribution in [0.5, 0.6) is 0 Å². The van der Waals surface area contributed by atoms with Crippen LogP contribution in [-0.2, 0) is 16.6 Å². The van der Waals surface area contributed by atoms with E-state index in [1.54, 1.807) is 25.2 Å². The van der Waals surface area contributed by atoms with E-state index in [4.69, 9.17) is 4.74 Å². The second-order valence-corrected chi connectivity index (χ2v) is 9.10. The highest BCUT2D eigenvalue weighted by molar-refractivity contribution is 6.07. The van der Waals surface area contributed by atoms with Crippen molar-refractivity contribution in [2.24, 2.45) is 7.05 Å². The highest BCUT2D eigenvalue weighted by Crippen LogP contribution is 2.31. The summed E-state index contributed by atoms with van der Waals surface area (Å²) in [6.07, 6.45) is -1.09. The number of aromatic nitrogens is 1. The molecule has 5 rings (SSSR count). The van der Waals surface area contributed by atoms with E-state index in [1.807, 2.05) is 79.7 Å². The summed E-state index contributed by atoms with van der Waals surface area (Å²) in [4.78, 5) is 39.6. The van der Waals surface area contributed by atoms with Crippen LogP contribution in [0.1, 0.15) is 23.0 Å². The number of fused-ring (bicyclic) bond motifs is 2. The summed E-state index contributed by atoms with van der Waals surface area (Å²) in [5.74, 6) is -1.21. The molecule has 0 bridgehead atoms. The molecule has 6 nitrogen and oxygen atoms in total. The van der Waals surface area contributed by atoms with Crippen LogP contribution in [0.15, 0.2) is 95.8 Å². The number of pyridine rings is 1. The molecule has 0 aliphatic rings. The Balaban J connectivity index is 1.48. The predicted molar refractivity (Wildman–Crippen MR) is 147 cm³/mol. The molecule has 0 spiro atoms. The van der Waals surface area contributed by atoms with E-state index < -0.39 is 18.0 Å². The zero-order chi connectivity index (χ0) is 26.1. The molecular weight excluding hydrogens is 464 g/mol. The van der Waals surface area contributed by atoms with Crippen LogP contribution in [0.2, 0.25) is 0 Å². The highest BCUT2D eigenvalue weighted by atomic mass is 16.5. The molecule has 6 heteroatoms. The first kappa shape index (κ1) is 24.0. The Morgan fingerprint density at radius 1 is 0.838 bits per heavy atom. The van der Waals surface area contributed by atoms with Crippen LogP contribution in [0.3, 0.4) is 0 Å². The number of hydrogen-bond donors (Lipinski definition) is 1. The fraction of sp³-hybridized carbons (Fsp3) is 0.129. The molecule has 4 aromatic carbocycles. The van der Waals surface area contributed by atoms with Gasteiger partial charge in [0.25, 0.3) is 11.5 Å². The molecule has 1 atom stereocenters. The van der Waals surface area contributed by atoms with Gasteiger partial charge in [-0.05, 0) is 53.8 Å². The Labute approximate surface area is 214 Å². The molecule has 1 heterocycles. The number of nitrogens with one attached hydrogen (secondary N) is 1. The van der Waals surface area contributed by atoms with Gasteiger partial charge in [0.05, 0.1) is 0 Å². The smallest absolute Gasteiger partial charge is 0.356 e. The van der Waals surface area contributed by atoms with Gasteiger partial charge in [0, 0.05) is 23.7 Å². The lowest BCUT2D eigenvalue weighted by molar-refractivity contribution is -0.123. The molecular formula is C31H26N2O4. The predicted octanol–water partition coefficient (Wildman–Crippen LogP) is 5.85. The summed E-state index contributed by atoms with van der Waals surface area (Å²) >= 11 is 0. The van der Waals surface area contributed by atoms with Crippen molar-refractivity contribution in [3.8, 4) is 11.1 Å². The van der Waals surface area contributed by atoms with Crippen LogP contribution >= 0.6 is 0 Å². The summed E-state index contributed by atoms with van der Waals surface area (Å²) in [6.45, 7) is 3.49. The quantitative estimate of drug-likeness (QED) is 0.314. The Kier molecular flexibility index (Phi) is 6.32. The largest absolute Gasteiger partial charge is 0.448 e. The third-order valence-corrected chi connectivity index (χ3v) is 6.51. The molecule has 1 aromatic heterocycles. The number of aryl methyl sites for hydroxylation is 1. The third-order valence-electron chi connectivity index (χ3n) is 6.51. The van der Waals surface area contributed by atoms with Gasteiger partial charge in [0.1, 0.15) is 5.69 Å². The maximum atomic E-state index is 13.5. The fourth-order valence-corrected chi connectivity index (χ4v) is 4.50. The highest BCUT2D eigenvalue weighted by Gasteiger charge is 2.26. The maximum absolute atomic E-state index is 13.5. The molecule has 1 amide bonds. The minimum absolute atomic E-state index is 0.0953. The topological polar surface area (TPSA) is 77.4 Å². The molecule has 0 aliphatic heterocycles. The van der Waals surface area contributed by atoms with E-state index >= 15 is 0 Å². The molecule has 0 radical (unpaired) electrons. The summed E-state index contributed by atoms with van der Waals surface area (Å²) in [7, 11) is 1.54. The Bertz CT molecular complexity index is 1720. The minimum Gasteiger partial charge on any atom is -0.448 e. The van der Waals surface area contributed by atoms with Crippen LogP contribution in [-0.4, -0.2) is 22.5 Å². The summed E-state index contributed by atoms with van der Waals surface area (Å²) < 4.78 is 6.92. The second kappa shape index (κ2) is 9.74. The number of ether oxygens (including phenoxy) is 1. The van der Waals surface area contributed by atoms with Crippen molar-refractivity contribution in [3.63, 3.8) is 0 Å². The molecule has 5 aromatic rings. The van der Waals surface area contributed by atoms with Crippen molar-refractivity contribution in [1.29, 1.82) is 0 Å². The number of amides is 1. The van der Waals surface area contributed by atoms with E-state index in [2.05, 4.69) is 5.32 Å². The first-order valence-electron chi connectivity index (χ1n) is 12.0. The van der Waals surface area contributed by atoms with Crippen molar-refractivity contribution in [2.45, 2.75) is 20.0 Å². The Morgan fingerprint density at radius 3 is 2.22 bits per heavy atom. The van der Waals surface area contributed by atoms with Gasteiger partial charge in [-0.1, -0.05) is 78.4 Å². The molecule has 0 saturated carbocycles. The third kappa shape index (κ3) is 4.61. The number of rotatable bonds is 5. The van der Waals surface area contributed by atoms with Gasteiger partial charge in [-0.15, -0.1) is 0 Å². The minimum atomic E-state index is -1.09. The van der Waals surface area contributed by atoms with Crippen molar-refractivity contribution in [1.82, 2.24) is 4.57 Å². The van der Waals surface area contributed by atoms with Crippen molar-refractivity contribution >= 4 is 39.1 Å². The number of carbonyl (C=O) groups is 2. The van der Waals surface area contributed by atoms with E-state index in [1.165, 1.54) is 11.5 Å². The van der Waals surface area contributed by atoms with Gasteiger partial charge in [-0.2, -0.15) is 0 Å². The Hall–Kier alpha value is -4.71. The zero-order valence-corrected chi connectivity index (χ0v) is 20.8. The van der Waals surface area contributed by atoms with Crippen LogP contribution in [0.25, 0.3) is 32.7 Å². The first-order valence-corrected chi connectivity index (χ1v) is 12.0. The lowest BCUT2D eigenvalue weighted by Crippen LogP contribution is -2.32. The molecule has 37 heavy (non-hydrogen) atoms. The average Bonchev–Trinajstić information content (AvgIpc) is 2.91. The molecule has 0 saturated heterocycles. The van der Waals surface area contributed by atoms with Gasteiger partial charge >= 0.3 is 5.97 Å². The lowest BCUT2D eigenvalue weighted by atomic mass is 9.96. The molecule has 1 N–H and O–H groups in total. The van der Waals surface area contributed by atoms with Crippen LogP contribution < -0.4 is 10.9 Å². The average molecular weight is 491 g/mol. The van der Waals surface area contributed by atoms with E-state index in [9.17, 15) is 14.4 Å². The van der Waals surface area contributed by atoms with Crippen molar-refractivity contribution < 1.29 is 14.3 Å². The zero-order valence-electron chi connectivity index (χ0n) is 20.8. The maximum Gasteiger partial charge on any atom is 0.356 e. The number of nitrogens with zero attached hydrogens (tertiary/aromatic N) is 1. The van der Waals surface area contributed by atoms with Gasteiger partial charge in [0.15, 0.2) is 6.10 Å². The van der Waals surface area contributed by atoms with E-state index in [0.717, 1.165) is 21.9 Å². The van der Waals surface area contributed by atoms with Crippen LogP contribution in [0.4, 0.5) is 5.69 Å². The fourth-order valence-electron chi connectivity index (χ4n) is 4.50. The number of anilines is 1. The second-order valence-electron chi connectivity index (χ2n) is 9.10. The molecule has 184 valence electrons. The molecule has 1 unspecified atom stereocenters. The van der Waals surface area contributed by atoms with Crippen LogP contribution in [0, 0.1) is 6.92 Å². The number of esters is 1.